The van der Waals surface area contributed by atoms with Gasteiger partial charge in [-0.1, -0.05) is 0 Å². The number of piperazine rings is 1. The van der Waals surface area contributed by atoms with Crippen LogP contribution in [-0.2, 0) is 9.53 Å². The van der Waals surface area contributed by atoms with Crippen molar-refractivity contribution in [3.63, 3.8) is 0 Å². The molecule has 1 aromatic carbocycles. The van der Waals surface area contributed by atoms with Crippen LogP contribution in [-0.4, -0.2) is 55.7 Å². The van der Waals surface area contributed by atoms with Crippen molar-refractivity contribution >= 4 is 29.1 Å². The summed E-state index contributed by atoms with van der Waals surface area (Å²) in [6, 6.07) is 10.3. The number of hydrogen-bond donors (Lipinski definition) is 1. The van der Waals surface area contributed by atoms with Crippen LogP contribution >= 0.6 is 0 Å². The van der Waals surface area contributed by atoms with E-state index in [2.05, 4.69) is 51.4 Å². The highest BCUT2D eigenvalue weighted by atomic mass is 16.5. The second-order valence-corrected chi connectivity index (χ2v) is 6.51. The maximum absolute atomic E-state index is 11.5. The predicted molar refractivity (Wildman–Crippen MR) is 109 cm³/mol. The molecule has 0 radical (unpaired) electrons. The summed E-state index contributed by atoms with van der Waals surface area (Å²) < 4.78 is 4.93. The number of likely N-dealkylation sites (N-methyl/N-ethyl adjacent to an activating group) is 1. The minimum Gasteiger partial charge on any atom is -0.463 e. The first kappa shape index (κ1) is 18.9. The lowest BCUT2D eigenvalue weighted by Crippen LogP contribution is -2.44. The normalized spacial score (nSPS) is 15.1. The van der Waals surface area contributed by atoms with E-state index in [1.54, 1.807) is 25.4 Å². The highest BCUT2D eigenvalue weighted by Crippen LogP contribution is 2.24. The van der Waals surface area contributed by atoms with Gasteiger partial charge in [-0.15, -0.1) is 0 Å². The molecule has 0 saturated carbocycles. The number of carbonyl (C=O) groups is 1. The first-order valence-electron chi connectivity index (χ1n) is 9.25. The molecule has 0 atom stereocenters. The van der Waals surface area contributed by atoms with E-state index in [9.17, 15) is 4.79 Å². The third-order valence-electron chi connectivity index (χ3n) is 4.56. The van der Waals surface area contributed by atoms with Crippen LogP contribution in [0, 0.1) is 0 Å². The van der Waals surface area contributed by atoms with Crippen molar-refractivity contribution in [3.05, 3.63) is 54.4 Å². The number of benzene rings is 1. The molecule has 1 aromatic heterocycles. The van der Waals surface area contributed by atoms with Gasteiger partial charge in [0, 0.05) is 55.4 Å². The summed E-state index contributed by atoms with van der Waals surface area (Å²) in [5.74, 6) is -0.350. The monoisotopic (exact) mass is 366 g/mol. The Kier molecular flexibility index (Phi) is 6.44. The van der Waals surface area contributed by atoms with E-state index in [0.717, 1.165) is 43.1 Å². The van der Waals surface area contributed by atoms with E-state index < -0.39 is 0 Å². The van der Waals surface area contributed by atoms with Crippen LogP contribution in [0.3, 0.4) is 0 Å². The first-order chi connectivity index (χ1) is 13.2. The van der Waals surface area contributed by atoms with Crippen LogP contribution < -0.4 is 10.2 Å². The Labute approximate surface area is 160 Å². The van der Waals surface area contributed by atoms with Gasteiger partial charge in [-0.2, -0.15) is 0 Å². The molecular weight excluding hydrogens is 340 g/mol. The predicted octanol–water partition coefficient (Wildman–Crippen LogP) is 3.15. The Morgan fingerprint density at radius 3 is 2.63 bits per heavy atom. The summed E-state index contributed by atoms with van der Waals surface area (Å²) in [5.41, 5.74) is 3.93. The van der Waals surface area contributed by atoms with E-state index >= 15 is 0 Å². The number of ether oxygens (including phenoxy) is 1. The van der Waals surface area contributed by atoms with Crippen LogP contribution in [0.15, 0.2) is 48.8 Å². The Balaban J connectivity index is 1.68. The lowest BCUT2D eigenvalue weighted by Gasteiger charge is -2.34. The minimum absolute atomic E-state index is 0.350. The number of anilines is 3. The number of nitrogens with one attached hydrogen (secondary N) is 1. The van der Waals surface area contributed by atoms with E-state index in [-0.39, 0.29) is 5.97 Å². The molecule has 0 amide bonds. The molecule has 3 rings (SSSR count). The lowest BCUT2D eigenvalue weighted by molar-refractivity contribution is -0.137. The molecule has 142 valence electrons. The van der Waals surface area contributed by atoms with E-state index in [0.29, 0.717) is 6.61 Å². The largest absolute Gasteiger partial charge is 0.463 e. The number of carbonyl (C=O) groups excluding carboxylic acids is 1. The van der Waals surface area contributed by atoms with Gasteiger partial charge in [0.2, 0.25) is 0 Å². The van der Waals surface area contributed by atoms with E-state index in [1.165, 1.54) is 11.8 Å². The van der Waals surface area contributed by atoms with Gasteiger partial charge < -0.3 is 19.9 Å². The molecule has 1 aliphatic heterocycles. The zero-order valence-corrected chi connectivity index (χ0v) is 15.9. The molecule has 6 nitrogen and oxygen atoms in total. The fraction of sp³-hybridized carbons (Fsp3) is 0.333. The minimum atomic E-state index is -0.350. The molecule has 1 fully saturated rings. The molecule has 0 unspecified atom stereocenters. The summed E-state index contributed by atoms with van der Waals surface area (Å²) in [7, 11) is 2.16. The van der Waals surface area contributed by atoms with Crippen LogP contribution in [0.5, 0.6) is 0 Å². The Morgan fingerprint density at radius 2 is 1.93 bits per heavy atom. The fourth-order valence-corrected chi connectivity index (χ4v) is 2.98. The molecule has 0 bridgehead atoms. The van der Waals surface area contributed by atoms with Crippen molar-refractivity contribution in [1.29, 1.82) is 0 Å². The van der Waals surface area contributed by atoms with Gasteiger partial charge in [-0.05, 0) is 50.4 Å². The molecule has 6 heteroatoms. The second-order valence-electron chi connectivity index (χ2n) is 6.51. The van der Waals surface area contributed by atoms with Crippen molar-refractivity contribution < 1.29 is 9.53 Å². The average Bonchev–Trinajstić information content (AvgIpc) is 2.69. The lowest BCUT2D eigenvalue weighted by atomic mass is 10.2. The third kappa shape index (κ3) is 5.31. The Bertz CT molecular complexity index is 781. The van der Waals surface area contributed by atoms with Gasteiger partial charge >= 0.3 is 5.97 Å². The third-order valence-corrected chi connectivity index (χ3v) is 4.56. The number of hydrogen-bond acceptors (Lipinski definition) is 6. The number of pyridine rings is 1. The average molecular weight is 366 g/mol. The van der Waals surface area contributed by atoms with E-state index in [4.69, 9.17) is 4.74 Å². The van der Waals surface area contributed by atoms with Crippen molar-refractivity contribution in [2.75, 3.05) is 50.1 Å². The van der Waals surface area contributed by atoms with Crippen LogP contribution in [0.4, 0.5) is 17.1 Å². The van der Waals surface area contributed by atoms with Gasteiger partial charge in [0.25, 0.3) is 0 Å². The molecule has 2 heterocycles. The van der Waals surface area contributed by atoms with Gasteiger partial charge in [-0.25, -0.2) is 4.79 Å². The molecule has 1 N–H and O–H groups in total. The van der Waals surface area contributed by atoms with Crippen LogP contribution in [0.2, 0.25) is 0 Å². The molecule has 1 aliphatic rings. The Morgan fingerprint density at radius 1 is 1.19 bits per heavy atom. The molecule has 27 heavy (non-hydrogen) atoms. The van der Waals surface area contributed by atoms with Gasteiger partial charge in [0.1, 0.15) is 0 Å². The fourth-order valence-electron chi connectivity index (χ4n) is 2.98. The second kappa shape index (κ2) is 9.19. The van der Waals surface area contributed by atoms with Gasteiger partial charge in [0.05, 0.1) is 18.5 Å². The summed E-state index contributed by atoms with van der Waals surface area (Å²) in [6.45, 7) is 6.43. The summed E-state index contributed by atoms with van der Waals surface area (Å²) in [6.07, 6.45) is 6.62. The van der Waals surface area contributed by atoms with Crippen molar-refractivity contribution in [3.8, 4) is 0 Å². The smallest absolute Gasteiger partial charge is 0.330 e. The van der Waals surface area contributed by atoms with Gasteiger partial charge in [0.15, 0.2) is 0 Å². The zero-order chi connectivity index (χ0) is 19.1. The topological polar surface area (TPSA) is 57.7 Å². The molecule has 0 spiro atoms. The van der Waals surface area contributed by atoms with Crippen LogP contribution in [0.25, 0.3) is 6.08 Å². The molecule has 2 aromatic rings. The summed E-state index contributed by atoms with van der Waals surface area (Å²) in [5, 5.41) is 3.37. The number of rotatable bonds is 6. The van der Waals surface area contributed by atoms with E-state index in [1.807, 2.05) is 6.07 Å². The molecular formula is C21H26N4O2. The van der Waals surface area contributed by atoms with Crippen LogP contribution in [0.1, 0.15) is 12.5 Å². The number of nitrogens with zero attached hydrogens (tertiary/aromatic N) is 3. The standard InChI is InChI=1S/C21H26N4O2/c1-3-27-21(26)9-4-17-10-11-22-16-20(17)23-18-5-7-19(8-6-18)25-14-12-24(2)13-15-25/h4-11,16,23H,3,12-15H2,1-2H3/b9-4+. The summed E-state index contributed by atoms with van der Waals surface area (Å²) in [4.78, 5) is 20.5. The summed E-state index contributed by atoms with van der Waals surface area (Å²) >= 11 is 0. The van der Waals surface area contributed by atoms with Gasteiger partial charge in [-0.3, -0.25) is 4.98 Å². The number of esters is 1. The first-order valence-corrected chi connectivity index (χ1v) is 9.25. The van der Waals surface area contributed by atoms with Crippen molar-refractivity contribution in [2.45, 2.75) is 6.92 Å². The Hall–Kier alpha value is -2.86. The maximum atomic E-state index is 11.5. The quantitative estimate of drug-likeness (QED) is 0.626. The maximum Gasteiger partial charge on any atom is 0.330 e. The highest BCUT2D eigenvalue weighted by molar-refractivity contribution is 5.88. The SMILES string of the molecule is CCOC(=O)/C=C/c1ccncc1Nc1ccc(N2CCN(C)CC2)cc1. The van der Waals surface area contributed by atoms with Crippen molar-refractivity contribution in [1.82, 2.24) is 9.88 Å². The number of aromatic nitrogens is 1. The molecule has 0 aliphatic carbocycles. The zero-order valence-electron chi connectivity index (χ0n) is 15.9. The van der Waals surface area contributed by atoms with Crippen molar-refractivity contribution in [2.24, 2.45) is 0 Å². The molecule has 1 saturated heterocycles. The highest BCUT2D eigenvalue weighted by Gasteiger charge is 2.14.